The quantitative estimate of drug-likeness (QED) is 0.915. The first-order valence-corrected chi connectivity index (χ1v) is 5.36. The molecule has 0 aliphatic carbocycles. The Morgan fingerprint density at radius 1 is 1.44 bits per heavy atom. The first-order chi connectivity index (χ1) is 7.58. The van der Waals surface area contributed by atoms with Crippen molar-refractivity contribution < 1.29 is 9.50 Å². The number of rotatable bonds is 2. The Labute approximate surface area is 99.8 Å². The van der Waals surface area contributed by atoms with Gasteiger partial charge in [0, 0.05) is 11.5 Å². The zero-order chi connectivity index (χ0) is 11.7. The molecule has 0 aliphatic rings. The molecule has 1 unspecified atom stereocenters. The van der Waals surface area contributed by atoms with E-state index in [0.29, 0.717) is 15.7 Å². The summed E-state index contributed by atoms with van der Waals surface area (Å²) in [4.78, 5) is 0. The summed E-state index contributed by atoms with van der Waals surface area (Å²) in [6.45, 7) is 0. The van der Waals surface area contributed by atoms with E-state index < -0.39 is 11.9 Å². The average molecular weight is 286 g/mol. The zero-order valence-corrected chi connectivity index (χ0v) is 10.0. The summed E-state index contributed by atoms with van der Waals surface area (Å²) in [5.74, 6) is -0.404. The van der Waals surface area contributed by atoms with E-state index in [1.165, 1.54) is 23.0 Å². The van der Waals surface area contributed by atoms with Crippen LogP contribution in [0.3, 0.4) is 0 Å². The van der Waals surface area contributed by atoms with Crippen LogP contribution in [0.15, 0.2) is 28.9 Å². The van der Waals surface area contributed by atoms with Gasteiger partial charge < -0.3 is 5.11 Å². The lowest BCUT2D eigenvalue weighted by molar-refractivity contribution is 0.209. The van der Waals surface area contributed by atoms with Crippen molar-refractivity contribution in [3.8, 4) is 0 Å². The Bertz CT molecular complexity index is 494. The van der Waals surface area contributed by atoms with Gasteiger partial charge >= 0.3 is 0 Å². The van der Waals surface area contributed by atoms with E-state index in [4.69, 9.17) is 0 Å². The molecule has 0 amide bonds. The highest BCUT2D eigenvalue weighted by Gasteiger charge is 2.15. The first-order valence-electron chi connectivity index (χ1n) is 4.56. The van der Waals surface area contributed by atoms with Gasteiger partial charge in [-0.25, -0.2) is 9.07 Å². The van der Waals surface area contributed by atoms with Gasteiger partial charge in [-0.3, -0.25) is 0 Å². The third-order valence-electron chi connectivity index (χ3n) is 2.23. The smallest absolute Gasteiger partial charge is 0.124 e. The second kappa shape index (κ2) is 4.31. The van der Waals surface area contributed by atoms with Gasteiger partial charge in [-0.15, -0.1) is 5.10 Å². The van der Waals surface area contributed by atoms with E-state index in [1.54, 1.807) is 13.1 Å². The van der Waals surface area contributed by atoms with E-state index in [-0.39, 0.29) is 0 Å². The number of aliphatic hydroxyl groups excluding tert-OH is 1. The molecule has 2 rings (SSSR count). The molecule has 1 atom stereocenters. The molecule has 0 bridgehead atoms. The Morgan fingerprint density at radius 2 is 2.19 bits per heavy atom. The summed E-state index contributed by atoms with van der Waals surface area (Å²) in [6.07, 6.45) is 0.510. The van der Waals surface area contributed by atoms with Gasteiger partial charge in [0.15, 0.2) is 0 Å². The van der Waals surface area contributed by atoms with Crippen LogP contribution in [-0.2, 0) is 7.05 Å². The van der Waals surface area contributed by atoms with Crippen molar-refractivity contribution in [3.63, 3.8) is 0 Å². The zero-order valence-electron chi connectivity index (χ0n) is 8.43. The van der Waals surface area contributed by atoms with E-state index >= 15 is 0 Å². The van der Waals surface area contributed by atoms with Crippen molar-refractivity contribution in [3.05, 3.63) is 45.9 Å². The second-order valence-corrected chi connectivity index (χ2v) is 4.30. The van der Waals surface area contributed by atoms with Crippen molar-refractivity contribution in [2.75, 3.05) is 0 Å². The van der Waals surface area contributed by atoms with Crippen LogP contribution in [0.2, 0.25) is 0 Å². The predicted molar refractivity (Wildman–Crippen MR) is 59.2 cm³/mol. The predicted octanol–water partition coefficient (Wildman–Crippen LogP) is 1.80. The molecule has 1 N–H and O–H groups in total. The molecule has 4 nitrogen and oxygen atoms in total. The lowest BCUT2D eigenvalue weighted by Crippen LogP contribution is -2.06. The van der Waals surface area contributed by atoms with Crippen LogP contribution in [0, 0.1) is 5.82 Å². The van der Waals surface area contributed by atoms with Gasteiger partial charge in [0.25, 0.3) is 0 Å². The summed E-state index contributed by atoms with van der Waals surface area (Å²) in [6, 6.07) is 4.26. The van der Waals surface area contributed by atoms with E-state index in [0.717, 1.165) is 0 Å². The van der Waals surface area contributed by atoms with Gasteiger partial charge in [-0.2, -0.15) is 0 Å². The van der Waals surface area contributed by atoms with Gasteiger partial charge in [0.05, 0.1) is 11.9 Å². The molecular formula is C10H9BrFN3O. The molecule has 6 heteroatoms. The molecule has 1 aromatic carbocycles. The lowest BCUT2D eigenvalue weighted by Gasteiger charge is -2.11. The fourth-order valence-corrected chi connectivity index (χ4v) is 1.93. The summed E-state index contributed by atoms with van der Waals surface area (Å²) < 4.78 is 15.2. The number of aliphatic hydroxyl groups is 1. The Hall–Kier alpha value is -1.27. The number of halogens is 2. The monoisotopic (exact) mass is 285 g/mol. The van der Waals surface area contributed by atoms with Gasteiger partial charge in [-0.1, -0.05) is 21.1 Å². The van der Waals surface area contributed by atoms with Gasteiger partial charge in [0.2, 0.25) is 0 Å². The van der Waals surface area contributed by atoms with E-state index in [9.17, 15) is 9.50 Å². The highest BCUT2D eigenvalue weighted by molar-refractivity contribution is 9.10. The van der Waals surface area contributed by atoms with Crippen molar-refractivity contribution in [1.82, 2.24) is 15.0 Å². The second-order valence-electron chi connectivity index (χ2n) is 3.39. The Balaban J connectivity index is 2.41. The molecule has 0 aliphatic heterocycles. The maximum atomic E-state index is 13.2. The normalized spacial score (nSPS) is 12.8. The molecule has 0 saturated heterocycles. The number of aromatic nitrogens is 3. The molecule has 0 fully saturated rings. The summed E-state index contributed by atoms with van der Waals surface area (Å²) in [7, 11) is 1.67. The standard InChI is InChI=1S/C10H9BrFN3O/c1-15-9(5-13-14-15)10(16)6-2-7(11)4-8(12)3-6/h2-5,10,16H,1H3. The van der Waals surface area contributed by atoms with Crippen molar-refractivity contribution in [1.29, 1.82) is 0 Å². The molecule has 16 heavy (non-hydrogen) atoms. The van der Waals surface area contributed by atoms with Crippen LogP contribution in [0.4, 0.5) is 4.39 Å². The molecular weight excluding hydrogens is 277 g/mol. The first kappa shape index (κ1) is 11.2. The summed E-state index contributed by atoms with van der Waals surface area (Å²) in [5, 5.41) is 17.4. The maximum absolute atomic E-state index is 13.2. The number of hydrogen-bond donors (Lipinski definition) is 1. The third kappa shape index (κ3) is 2.12. The number of aryl methyl sites for hydroxylation is 1. The number of nitrogens with zero attached hydrogens (tertiary/aromatic N) is 3. The Morgan fingerprint density at radius 3 is 2.75 bits per heavy atom. The highest BCUT2D eigenvalue weighted by atomic mass is 79.9. The van der Waals surface area contributed by atoms with Gasteiger partial charge in [0.1, 0.15) is 11.9 Å². The fourth-order valence-electron chi connectivity index (χ4n) is 1.45. The van der Waals surface area contributed by atoms with Crippen molar-refractivity contribution >= 4 is 15.9 Å². The molecule has 84 valence electrons. The molecule has 2 aromatic rings. The SMILES string of the molecule is Cn1nncc1C(O)c1cc(F)cc(Br)c1. The van der Waals surface area contributed by atoms with E-state index in [1.807, 2.05) is 0 Å². The topological polar surface area (TPSA) is 50.9 Å². The van der Waals surface area contributed by atoms with Crippen LogP contribution in [0.5, 0.6) is 0 Å². The van der Waals surface area contributed by atoms with Crippen molar-refractivity contribution in [2.24, 2.45) is 7.05 Å². The van der Waals surface area contributed by atoms with E-state index in [2.05, 4.69) is 26.2 Å². The largest absolute Gasteiger partial charge is 0.382 e. The number of hydrogen-bond acceptors (Lipinski definition) is 3. The Kier molecular flexibility index (Phi) is 3.02. The molecule has 0 saturated carbocycles. The summed E-state index contributed by atoms with van der Waals surface area (Å²) >= 11 is 3.17. The van der Waals surface area contributed by atoms with Crippen LogP contribution in [0.25, 0.3) is 0 Å². The third-order valence-corrected chi connectivity index (χ3v) is 2.69. The highest BCUT2D eigenvalue weighted by Crippen LogP contribution is 2.24. The molecule has 1 heterocycles. The summed E-state index contributed by atoms with van der Waals surface area (Å²) in [5.41, 5.74) is 0.967. The van der Waals surface area contributed by atoms with Crippen LogP contribution < -0.4 is 0 Å². The minimum absolute atomic E-state index is 0.404. The minimum atomic E-state index is -0.938. The van der Waals surface area contributed by atoms with Crippen LogP contribution in [-0.4, -0.2) is 20.1 Å². The van der Waals surface area contributed by atoms with Crippen LogP contribution >= 0.6 is 15.9 Å². The van der Waals surface area contributed by atoms with Gasteiger partial charge in [-0.05, 0) is 23.8 Å². The van der Waals surface area contributed by atoms with Crippen LogP contribution in [0.1, 0.15) is 17.4 Å². The minimum Gasteiger partial charge on any atom is -0.382 e. The number of benzene rings is 1. The van der Waals surface area contributed by atoms with Crippen molar-refractivity contribution in [2.45, 2.75) is 6.10 Å². The fraction of sp³-hybridized carbons (Fsp3) is 0.200. The molecule has 1 aromatic heterocycles. The molecule has 0 spiro atoms. The maximum Gasteiger partial charge on any atom is 0.124 e. The molecule has 0 radical (unpaired) electrons. The lowest BCUT2D eigenvalue weighted by atomic mass is 10.1. The average Bonchev–Trinajstić information content (AvgIpc) is 2.62.